The van der Waals surface area contributed by atoms with Gasteiger partial charge >= 0.3 is 0 Å². The Hall–Kier alpha value is -3.36. The zero-order valence-corrected chi connectivity index (χ0v) is 14.8. The fourth-order valence-electron chi connectivity index (χ4n) is 3.08. The van der Waals surface area contributed by atoms with Crippen LogP contribution in [0.2, 0.25) is 0 Å². The minimum absolute atomic E-state index is 0.0544. The Balaban J connectivity index is 1.48. The van der Waals surface area contributed by atoms with Crippen molar-refractivity contribution in [1.82, 2.24) is 29.4 Å². The van der Waals surface area contributed by atoms with E-state index in [9.17, 15) is 9.18 Å². The van der Waals surface area contributed by atoms with E-state index in [1.54, 1.807) is 17.4 Å². The molecule has 138 valence electrons. The van der Waals surface area contributed by atoms with Crippen LogP contribution in [-0.2, 0) is 0 Å². The molecule has 0 aromatic carbocycles. The molecule has 1 amide bonds. The van der Waals surface area contributed by atoms with Crippen molar-refractivity contribution in [3.8, 4) is 5.82 Å². The number of aromatic nitrogens is 5. The van der Waals surface area contributed by atoms with Crippen molar-refractivity contribution < 1.29 is 9.18 Å². The van der Waals surface area contributed by atoms with Crippen LogP contribution in [-0.4, -0.2) is 61.5 Å². The van der Waals surface area contributed by atoms with E-state index in [1.807, 2.05) is 23.8 Å². The molecule has 0 atom stereocenters. The van der Waals surface area contributed by atoms with Crippen LogP contribution in [0.1, 0.15) is 16.2 Å². The predicted molar refractivity (Wildman–Crippen MR) is 96.2 cm³/mol. The second-order valence-electron chi connectivity index (χ2n) is 6.24. The molecule has 3 aromatic heterocycles. The number of imidazole rings is 1. The van der Waals surface area contributed by atoms with Crippen LogP contribution in [0, 0.1) is 12.7 Å². The first-order chi connectivity index (χ1) is 13.1. The van der Waals surface area contributed by atoms with E-state index in [0.717, 1.165) is 17.8 Å². The second-order valence-corrected chi connectivity index (χ2v) is 6.24. The van der Waals surface area contributed by atoms with E-state index in [-0.39, 0.29) is 11.5 Å². The smallest absolute Gasteiger partial charge is 0.257 e. The number of pyridine rings is 1. The third kappa shape index (κ3) is 3.48. The van der Waals surface area contributed by atoms with E-state index < -0.39 is 5.82 Å². The predicted octanol–water partition coefficient (Wildman–Crippen LogP) is 1.47. The van der Waals surface area contributed by atoms with Gasteiger partial charge in [-0.15, -0.1) is 0 Å². The molecule has 1 fully saturated rings. The molecule has 9 heteroatoms. The van der Waals surface area contributed by atoms with Crippen molar-refractivity contribution >= 4 is 11.7 Å². The summed E-state index contributed by atoms with van der Waals surface area (Å²) in [6, 6.07) is 3.31. The maximum absolute atomic E-state index is 13.8. The standard InChI is InChI=1S/C18H18FN7O/c1-13-22-16(10-17(23-13)26-5-4-21-12-26)24-6-8-25(9-7-24)18(27)14-2-3-20-11-15(14)19/h2-5,10-12H,6-9H2,1H3. The Bertz CT molecular complexity index is 952. The van der Waals surface area contributed by atoms with Crippen molar-refractivity contribution in [3.63, 3.8) is 0 Å². The Morgan fingerprint density at radius 3 is 2.56 bits per heavy atom. The summed E-state index contributed by atoms with van der Waals surface area (Å²) in [6.07, 6.45) is 7.69. The van der Waals surface area contributed by atoms with Gasteiger partial charge in [0.2, 0.25) is 0 Å². The number of hydrogen-bond donors (Lipinski definition) is 0. The fourth-order valence-corrected chi connectivity index (χ4v) is 3.08. The van der Waals surface area contributed by atoms with Gasteiger partial charge in [-0.05, 0) is 13.0 Å². The Morgan fingerprint density at radius 1 is 1.07 bits per heavy atom. The van der Waals surface area contributed by atoms with Crippen molar-refractivity contribution in [2.24, 2.45) is 0 Å². The fraction of sp³-hybridized carbons (Fsp3) is 0.278. The topological polar surface area (TPSA) is 80.0 Å². The molecule has 1 aliphatic rings. The van der Waals surface area contributed by atoms with Crippen LogP contribution in [0.4, 0.5) is 10.2 Å². The summed E-state index contributed by atoms with van der Waals surface area (Å²) in [5.41, 5.74) is 0.0544. The number of piperazine rings is 1. The van der Waals surface area contributed by atoms with Gasteiger partial charge < -0.3 is 9.80 Å². The molecule has 0 bridgehead atoms. The molecule has 4 rings (SSSR count). The molecule has 0 saturated carbocycles. The number of rotatable bonds is 3. The SMILES string of the molecule is Cc1nc(N2CCN(C(=O)c3ccncc3F)CC2)cc(-n2ccnc2)n1. The van der Waals surface area contributed by atoms with Gasteiger partial charge in [0.05, 0.1) is 11.8 Å². The Kier molecular flexibility index (Phi) is 4.49. The first kappa shape index (κ1) is 17.1. The molecular formula is C18H18FN7O. The highest BCUT2D eigenvalue weighted by Crippen LogP contribution is 2.18. The first-order valence-electron chi connectivity index (χ1n) is 8.59. The molecule has 27 heavy (non-hydrogen) atoms. The van der Waals surface area contributed by atoms with Crippen LogP contribution in [0.5, 0.6) is 0 Å². The van der Waals surface area contributed by atoms with E-state index in [1.165, 1.54) is 12.3 Å². The Labute approximate surface area is 155 Å². The molecule has 1 saturated heterocycles. The van der Waals surface area contributed by atoms with Gasteiger partial charge in [-0.1, -0.05) is 0 Å². The highest BCUT2D eigenvalue weighted by atomic mass is 19.1. The first-order valence-corrected chi connectivity index (χ1v) is 8.59. The lowest BCUT2D eigenvalue weighted by Crippen LogP contribution is -2.49. The maximum atomic E-state index is 13.8. The average molecular weight is 367 g/mol. The maximum Gasteiger partial charge on any atom is 0.257 e. The summed E-state index contributed by atoms with van der Waals surface area (Å²) in [7, 11) is 0. The van der Waals surface area contributed by atoms with Gasteiger partial charge in [-0.2, -0.15) is 0 Å². The average Bonchev–Trinajstić information content (AvgIpc) is 3.22. The number of anilines is 1. The molecule has 4 heterocycles. The number of halogens is 1. The number of aryl methyl sites for hydroxylation is 1. The van der Waals surface area contributed by atoms with Crippen molar-refractivity contribution in [1.29, 1.82) is 0 Å². The highest BCUT2D eigenvalue weighted by molar-refractivity contribution is 5.94. The summed E-state index contributed by atoms with van der Waals surface area (Å²) >= 11 is 0. The molecular weight excluding hydrogens is 349 g/mol. The van der Waals surface area contributed by atoms with Gasteiger partial charge in [-0.25, -0.2) is 19.3 Å². The van der Waals surface area contributed by atoms with Crippen molar-refractivity contribution in [2.75, 3.05) is 31.1 Å². The van der Waals surface area contributed by atoms with Crippen molar-refractivity contribution in [3.05, 3.63) is 60.5 Å². The van der Waals surface area contributed by atoms with Crippen LogP contribution in [0.25, 0.3) is 5.82 Å². The molecule has 0 aliphatic carbocycles. The summed E-state index contributed by atoms with van der Waals surface area (Å²) in [5.74, 6) is 1.29. The third-order valence-corrected chi connectivity index (χ3v) is 4.47. The number of hydrogen-bond acceptors (Lipinski definition) is 6. The molecule has 1 aliphatic heterocycles. The summed E-state index contributed by atoms with van der Waals surface area (Å²) in [6.45, 7) is 4.04. The molecule has 0 spiro atoms. The summed E-state index contributed by atoms with van der Waals surface area (Å²) in [5, 5.41) is 0. The van der Waals surface area contributed by atoms with E-state index >= 15 is 0 Å². The molecule has 8 nitrogen and oxygen atoms in total. The molecule has 0 radical (unpaired) electrons. The van der Waals surface area contributed by atoms with Crippen LogP contribution in [0.15, 0.2) is 43.2 Å². The minimum Gasteiger partial charge on any atom is -0.353 e. The lowest BCUT2D eigenvalue weighted by Gasteiger charge is -2.35. The highest BCUT2D eigenvalue weighted by Gasteiger charge is 2.25. The van der Waals surface area contributed by atoms with Gasteiger partial charge in [0, 0.05) is 50.8 Å². The van der Waals surface area contributed by atoms with Gasteiger partial charge in [-0.3, -0.25) is 14.3 Å². The zero-order chi connectivity index (χ0) is 18.8. The largest absolute Gasteiger partial charge is 0.353 e. The molecule has 0 unspecified atom stereocenters. The van der Waals surface area contributed by atoms with Crippen LogP contribution in [0.3, 0.4) is 0 Å². The van der Waals surface area contributed by atoms with E-state index in [4.69, 9.17) is 0 Å². The lowest BCUT2D eigenvalue weighted by molar-refractivity contribution is 0.0741. The number of carbonyl (C=O) groups is 1. The van der Waals surface area contributed by atoms with Crippen LogP contribution >= 0.6 is 0 Å². The monoisotopic (exact) mass is 367 g/mol. The normalized spacial score (nSPS) is 14.4. The van der Waals surface area contributed by atoms with Gasteiger partial charge in [0.25, 0.3) is 5.91 Å². The number of amides is 1. The van der Waals surface area contributed by atoms with Gasteiger partial charge in [0.1, 0.15) is 23.8 Å². The number of nitrogens with zero attached hydrogens (tertiary/aromatic N) is 7. The molecule has 0 N–H and O–H groups in total. The van der Waals surface area contributed by atoms with E-state index in [0.29, 0.717) is 32.0 Å². The number of carbonyl (C=O) groups excluding carboxylic acids is 1. The van der Waals surface area contributed by atoms with Gasteiger partial charge in [0.15, 0.2) is 5.82 Å². The minimum atomic E-state index is -0.596. The summed E-state index contributed by atoms with van der Waals surface area (Å²) < 4.78 is 15.6. The van der Waals surface area contributed by atoms with Crippen LogP contribution < -0.4 is 4.90 Å². The molecule has 3 aromatic rings. The van der Waals surface area contributed by atoms with E-state index in [2.05, 4.69) is 24.8 Å². The van der Waals surface area contributed by atoms with Crippen molar-refractivity contribution in [2.45, 2.75) is 6.92 Å². The second kappa shape index (κ2) is 7.10. The zero-order valence-electron chi connectivity index (χ0n) is 14.8. The quantitative estimate of drug-likeness (QED) is 0.697. The summed E-state index contributed by atoms with van der Waals surface area (Å²) in [4.78, 5) is 33.0. The third-order valence-electron chi connectivity index (χ3n) is 4.47. The lowest BCUT2D eigenvalue weighted by atomic mass is 10.2. The Morgan fingerprint density at radius 2 is 1.85 bits per heavy atom.